The number of nitrogens with zero attached hydrogens (tertiary/aromatic N) is 2. The van der Waals surface area contributed by atoms with Gasteiger partial charge in [-0.05, 0) is 36.8 Å². The lowest BCUT2D eigenvalue weighted by molar-refractivity contribution is -0.157. The largest absolute Gasteiger partial charge is 0.452 e. The lowest BCUT2D eigenvalue weighted by atomic mass is 10.2. The lowest BCUT2D eigenvalue weighted by Gasteiger charge is -2.21. The molecular weight excluding hydrogens is 394 g/mol. The first-order valence-electron chi connectivity index (χ1n) is 8.71. The number of nitrogens with one attached hydrogen (secondary N) is 1. The summed E-state index contributed by atoms with van der Waals surface area (Å²) < 4.78 is 31.5. The molecule has 0 aliphatic rings. The van der Waals surface area contributed by atoms with Crippen LogP contribution in [0.4, 0.5) is 0 Å². The van der Waals surface area contributed by atoms with Crippen molar-refractivity contribution < 1.29 is 22.7 Å². The number of benzene rings is 2. The molecule has 0 saturated carbocycles. The van der Waals surface area contributed by atoms with Crippen molar-refractivity contribution in [2.45, 2.75) is 24.5 Å². The van der Waals surface area contributed by atoms with Crippen molar-refractivity contribution >= 4 is 21.9 Å². The van der Waals surface area contributed by atoms with Crippen LogP contribution in [0.5, 0.6) is 0 Å². The molecule has 0 unspecified atom stereocenters. The second-order valence-electron chi connectivity index (χ2n) is 6.27. The fourth-order valence-corrected chi connectivity index (χ4v) is 3.45. The molecule has 1 N–H and O–H groups in total. The minimum Gasteiger partial charge on any atom is -0.452 e. The average molecular weight is 415 g/mol. The zero-order valence-electron chi connectivity index (χ0n) is 16.0. The highest BCUT2D eigenvalue weighted by Crippen LogP contribution is 2.10. The standard InChI is InChI=1S/C20H21N3O5S/c1-15(20(25)23(2)14-17-6-4-3-5-7-17)28-19(24)13-22-29(26,27)18-10-8-16(12-21)9-11-18/h3-11,15,22H,13-14H2,1-2H3/t15-/m0/s1. The van der Waals surface area contributed by atoms with Crippen LogP contribution in [-0.4, -0.2) is 44.9 Å². The zero-order valence-corrected chi connectivity index (χ0v) is 16.8. The summed E-state index contributed by atoms with van der Waals surface area (Å²) in [6.07, 6.45) is -1.06. The molecule has 8 nitrogen and oxygen atoms in total. The maximum Gasteiger partial charge on any atom is 0.321 e. The van der Waals surface area contributed by atoms with Gasteiger partial charge < -0.3 is 9.64 Å². The van der Waals surface area contributed by atoms with Gasteiger partial charge in [-0.25, -0.2) is 8.42 Å². The van der Waals surface area contributed by atoms with Crippen molar-refractivity contribution in [2.75, 3.05) is 13.6 Å². The number of carbonyl (C=O) groups excluding carboxylic acids is 2. The van der Waals surface area contributed by atoms with E-state index >= 15 is 0 Å². The van der Waals surface area contributed by atoms with Crippen molar-refractivity contribution in [3.8, 4) is 6.07 Å². The van der Waals surface area contributed by atoms with Crippen molar-refractivity contribution in [1.82, 2.24) is 9.62 Å². The summed E-state index contributed by atoms with van der Waals surface area (Å²) in [5, 5.41) is 8.75. The average Bonchev–Trinajstić information content (AvgIpc) is 2.72. The van der Waals surface area contributed by atoms with E-state index in [0.29, 0.717) is 12.1 Å². The Balaban J connectivity index is 1.87. The van der Waals surface area contributed by atoms with Gasteiger partial charge in [-0.15, -0.1) is 0 Å². The zero-order chi connectivity index (χ0) is 21.4. The fraction of sp³-hybridized carbons (Fsp3) is 0.250. The Bertz CT molecular complexity index is 999. The predicted molar refractivity (Wildman–Crippen MR) is 105 cm³/mol. The van der Waals surface area contributed by atoms with Gasteiger partial charge in [-0.1, -0.05) is 30.3 Å². The Morgan fingerprint density at radius 2 is 1.76 bits per heavy atom. The maximum atomic E-state index is 12.3. The molecule has 0 saturated heterocycles. The number of amides is 1. The molecule has 2 rings (SSSR count). The number of ether oxygens (including phenoxy) is 1. The number of sulfonamides is 1. The Kier molecular flexibility index (Phi) is 7.47. The van der Waals surface area contributed by atoms with Crippen LogP contribution in [0.15, 0.2) is 59.5 Å². The van der Waals surface area contributed by atoms with E-state index in [1.165, 1.54) is 36.1 Å². The minimum atomic E-state index is -3.95. The number of carbonyl (C=O) groups is 2. The summed E-state index contributed by atoms with van der Waals surface area (Å²) in [6, 6.07) is 16.5. The van der Waals surface area contributed by atoms with Crippen LogP contribution in [0.3, 0.4) is 0 Å². The molecule has 0 heterocycles. The first-order valence-corrected chi connectivity index (χ1v) is 10.2. The van der Waals surface area contributed by atoms with Gasteiger partial charge in [0.2, 0.25) is 10.0 Å². The van der Waals surface area contributed by atoms with Crippen molar-refractivity contribution in [3.05, 3.63) is 65.7 Å². The number of hydrogen-bond donors (Lipinski definition) is 1. The smallest absolute Gasteiger partial charge is 0.321 e. The highest BCUT2D eigenvalue weighted by molar-refractivity contribution is 7.89. The van der Waals surface area contributed by atoms with Gasteiger partial charge in [0, 0.05) is 13.6 Å². The molecule has 0 spiro atoms. The third-order valence-corrected chi connectivity index (χ3v) is 5.41. The molecule has 0 aliphatic heterocycles. The summed E-state index contributed by atoms with van der Waals surface area (Å²) in [7, 11) is -2.36. The molecule has 1 atom stereocenters. The molecule has 0 bridgehead atoms. The van der Waals surface area contributed by atoms with Crippen molar-refractivity contribution in [2.24, 2.45) is 0 Å². The molecule has 0 aliphatic carbocycles. The van der Waals surface area contributed by atoms with Crippen LogP contribution in [-0.2, 0) is 30.9 Å². The van der Waals surface area contributed by atoms with E-state index in [1.807, 2.05) is 36.4 Å². The van der Waals surface area contributed by atoms with Gasteiger partial charge >= 0.3 is 5.97 Å². The molecule has 0 fully saturated rings. The fourth-order valence-electron chi connectivity index (χ4n) is 2.48. The van der Waals surface area contributed by atoms with Crippen LogP contribution in [0.1, 0.15) is 18.1 Å². The normalized spacial score (nSPS) is 11.9. The van der Waals surface area contributed by atoms with Crippen LogP contribution in [0, 0.1) is 11.3 Å². The quantitative estimate of drug-likeness (QED) is 0.652. The van der Waals surface area contributed by atoms with E-state index in [0.717, 1.165) is 5.56 Å². The van der Waals surface area contributed by atoms with Gasteiger partial charge in [0.05, 0.1) is 16.5 Å². The highest BCUT2D eigenvalue weighted by atomic mass is 32.2. The van der Waals surface area contributed by atoms with E-state index in [1.54, 1.807) is 7.05 Å². The Hall–Kier alpha value is -3.22. The first kappa shape index (κ1) is 22.1. The first-order chi connectivity index (χ1) is 13.7. The van der Waals surface area contributed by atoms with E-state index in [-0.39, 0.29) is 4.90 Å². The van der Waals surface area contributed by atoms with Gasteiger partial charge in [-0.2, -0.15) is 9.98 Å². The summed E-state index contributed by atoms with van der Waals surface area (Å²) >= 11 is 0. The summed E-state index contributed by atoms with van der Waals surface area (Å²) in [4.78, 5) is 25.6. The highest BCUT2D eigenvalue weighted by Gasteiger charge is 2.23. The van der Waals surface area contributed by atoms with Crippen LogP contribution < -0.4 is 4.72 Å². The SMILES string of the molecule is C[C@H](OC(=O)CNS(=O)(=O)c1ccc(C#N)cc1)C(=O)N(C)Cc1ccccc1. The van der Waals surface area contributed by atoms with Crippen LogP contribution in [0.2, 0.25) is 0 Å². The van der Waals surface area contributed by atoms with Gasteiger partial charge in [0.25, 0.3) is 5.91 Å². The molecule has 0 radical (unpaired) electrons. The summed E-state index contributed by atoms with van der Waals surface area (Å²) in [6.45, 7) is 1.16. The monoisotopic (exact) mass is 415 g/mol. The van der Waals surface area contributed by atoms with Gasteiger partial charge in [0.15, 0.2) is 6.10 Å². The second-order valence-corrected chi connectivity index (χ2v) is 8.04. The van der Waals surface area contributed by atoms with Crippen molar-refractivity contribution in [3.63, 3.8) is 0 Å². The Labute approximate surface area is 169 Å². The second kappa shape index (κ2) is 9.82. The minimum absolute atomic E-state index is 0.0870. The van der Waals surface area contributed by atoms with Gasteiger partial charge in [-0.3, -0.25) is 9.59 Å². The van der Waals surface area contributed by atoms with E-state index in [4.69, 9.17) is 10.00 Å². The number of rotatable bonds is 8. The number of nitriles is 1. The van der Waals surface area contributed by atoms with Crippen molar-refractivity contribution in [1.29, 1.82) is 5.26 Å². The molecule has 152 valence electrons. The Morgan fingerprint density at radius 3 is 2.34 bits per heavy atom. The third-order valence-electron chi connectivity index (χ3n) is 4.00. The van der Waals surface area contributed by atoms with Crippen LogP contribution >= 0.6 is 0 Å². The maximum absolute atomic E-state index is 12.3. The molecule has 2 aromatic rings. The molecular formula is C20H21N3O5S. The molecule has 1 amide bonds. The summed E-state index contributed by atoms with van der Waals surface area (Å²) in [5.74, 6) is -1.28. The Morgan fingerprint density at radius 1 is 1.14 bits per heavy atom. The van der Waals surface area contributed by atoms with E-state index < -0.39 is 34.5 Å². The summed E-state index contributed by atoms with van der Waals surface area (Å²) in [5.41, 5.74) is 1.24. The van der Waals surface area contributed by atoms with Crippen LogP contribution in [0.25, 0.3) is 0 Å². The third kappa shape index (κ3) is 6.41. The molecule has 2 aromatic carbocycles. The number of likely N-dealkylation sites (N-methyl/N-ethyl adjacent to an activating group) is 1. The predicted octanol–water partition coefficient (Wildman–Crippen LogP) is 1.43. The van der Waals surface area contributed by atoms with Gasteiger partial charge in [0.1, 0.15) is 6.54 Å². The number of hydrogen-bond acceptors (Lipinski definition) is 6. The lowest BCUT2D eigenvalue weighted by Crippen LogP contribution is -2.39. The molecule has 29 heavy (non-hydrogen) atoms. The van der Waals surface area contributed by atoms with E-state index in [2.05, 4.69) is 4.72 Å². The molecule has 0 aromatic heterocycles. The van der Waals surface area contributed by atoms with E-state index in [9.17, 15) is 18.0 Å². The molecule has 9 heteroatoms. The topological polar surface area (TPSA) is 117 Å². The number of esters is 1.